The topological polar surface area (TPSA) is 90.1 Å². The Morgan fingerprint density at radius 1 is 1.33 bits per heavy atom. The van der Waals surface area contributed by atoms with Crippen LogP contribution in [0.25, 0.3) is 10.2 Å². The molecule has 1 aromatic carbocycles. The van der Waals surface area contributed by atoms with Crippen LogP contribution in [0.1, 0.15) is 0 Å². The van der Waals surface area contributed by atoms with Gasteiger partial charge in [0.05, 0.1) is 10.2 Å². The van der Waals surface area contributed by atoms with E-state index in [0.717, 1.165) is 0 Å². The quantitative estimate of drug-likeness (QED) is 0.918. The largest absolute Gasteiger partial charge is 0.428 e. The van der Waals surface area contributed by atoms with Crippen molar-refractivity contribution in [1.82, 2.24) is 4.98 Å². The highest BCUT2D eigenvalue weighted by Gasteiger charge is 2.53. The summed E-state index contributed by atoms with van der Waals surface area (Å²) < 4.78 is 49.2. The Morgan fingerprint density at radius 3 is 2.50 bits per heavy atom. The van der Waals surface area contributed by atoms with Gasteiger partial charge in [-0.15, -0.1) is 11.3 Å². The Labute approximate surface area is 104 Å². The number of amides is 1. The number of primary amides is 1. The van der Waals surface area contributed by atoms with Crippen molar-refractivity contribution in [2.45, 2.75) is 9.59 Å². The lowest BCUT2D eigenvalue weighted by Gasteiger charge is -2.10. The first kappa shape index (κ1) is 12.8. The number of alkyl halides is 2. The Hall–Kier alpha value is -1.61. The summed E-state index contributed by atoms with van der Waals surface area (Å²) in [4.78, 5) is 14.1. The minimum atomic E-state index is -5.20. The number of halogens is 2. The first-order valence-corrected chi connectivity index (χ1v) is 6.84. The van der Waals surface area contributed by atoms with E-state index in [4.69, 9.17) is 0 Å². The number of nitrogens with two attached hydrogens (primary N) is 1. The number of sulfone groups is 1. The molecule has 2 N–H and O–H groups in total. The number of rotatable bonds is 3. The molecule has 0 saturated heterocycles. The van der Waals surface area contributed by atoms with Crippen LogP contribution in [0.5, 0.6) is 0 Å². The predicted octanol–water partition coefficient (Wildman–Crippen LogP) is 1.15. The van der Waals surface area contributed by atoms with Crippen molar-refractivity contribution in [3.05, 3.63) is 24.3 Å². The predicted molar refractivity (Wildman–Crippen MR) is 60.9 cm³/mol. The summed E-state index contributed by atoms with van der Waals surface area (Å²) in [5.41, 5.74) is 4.66. The second kappa shape index (κ2) is 3.95. The zero-order valence-electron chi connectivity index (χ0n) is 8.63. The zero-order valence-corrected chi connectivity index (χ0v) is 10.3. The molecule has 0 aliphatic rings. The van der Waals surface area contributed by atoms with E-state index < -0.39 is 25.3 Å². The smallest absolute Gasteiger partial charge is 0.363 e. The average molecular weight is 292 g/mol. The molecule has 18 heavy (non-hydrogen) atoms. The minimum absolute atomic E-state index is 0.265. The summed E-state index contributed by atoms with van der Waals surface area (Å²) in [6.07, 6.45) is 0. The molecule has 0 aliphatic heterocycles. The van der Waals surface area contributed by atoms with Crippen molar-refractivity contribution in [2.24, 2.45) is 5.73 Å². The Balaban J connectivity index is 2.64. The zero-order chi connectivity index (χ0) is 13.6. The summed E-state index contributed by atoms with van der Waals surface area (Å²) >= 11 is 0.562. The fourth-order valence-corrected chi connectivity index (χ4v) is 3.63. The normalized spacial score (nSPS) is 12.8. The molecule has 0 bridgehead atoms. The van der Waals surface area contributed by atoms with Crippen LogP contribution >= 0.6 is 11.3 Å². The van der Waals surface area contributed by atoms with Crippen LogP contribution in [0, 0.1) is 0 Å². The molecule has 1 aromatic heterocycles. The molecule has 5 nitrogen and oxygen atoms in total. The van der Waals surface area contributed by atoms with Crippen LogP contribution in [0.2, 0.25) is 0 Å². The first-order valence-electron chi connectivity index (χ1n) is 4.55. The summed E-state index contributed by atoms with van der Waals surface area (Å²) in [6, 6.07) is 6.22. The molecule has 0 atom stereocenters. The van der Waals surface area contributed by atoms with Gasteiger partial charge in [0.2, 0.25) is 4.34 Å². The maximum atomic E-state index is 13.2. The van der Waals surface area contributed by atoms with Crippen molar-refractivity contribution < 1.29 is 22.0 Å². The molecule has 0 saturated carbocycles. The molecule has 2 rings (SSSR count). The molecular weight excluding hydrogens is 286 g/mol. The summed E-state index contributed by atoms with van der Waals surface area (Å²) in [6.45, 7) is 0. The van der Waals surface area contributed by atoms with Gasteiger partial charge in [0, 0.05) is 0 Å². The van der Waals surface area contributed by atoms with Gasteiger partial charge in [-0.05, 0) is 12.1 Å². The number of hydrogen-bond donors (Lipinski definition) is 1. The number of benzene rings is 1. The van der Waals surface area contributed by atoms with E-state index in [1.807, 2.05) is 0 Å². The molecule has 0 unspecified atom stereocenters. The number of carbonyl (C=O) groups excluding carboxylic acids is 1. The van der Waals surface area contributed by atoms with Crippen LogP contribution in [-0.2, 0) is 14.6 Å². The molecule has 1 amide bonds. The van der Waals surface area contributed by atoms with Crippen LogP contribution in [0.4, 0.5) is 8.78 Å². The summed E-state index contributed by atoms with van der Waals surface area (Å²) in [5, 5.41) is -4.67. The van der Waals surface area contributed by atoms with Gasteiger partial charge in [0.15, 0.2) is 0 Å². The van der Waals surface area contributed by atoms with Crippen LogP contribution in [0.15, 0.2) is 28.6 Å². The van der Waals surface area contributed by atoms with Crippen molar-refractivity contribution >= 4 is 37.3 Å². The SMILES string of the molecule is NC(=O)C(F)(F)S(=O)(=O)c1nc2ccccc2s1. The summed E-state index contributed by atoms with van der Waals surface area (Å²) in [7, 11) is -5.20. The highest BCUT2D eigenvalue weighted by atomic mass is 32.2. The Morgan fingerprint density at radius 2 is 1.94 bits per heavy atom. The summed E-state index contributed by atoms with van der Waals surface area (Å²) in [5.74, 6) is -2.22. The molecule has 9 heteroatoms. The molecule has 96 valence electrons. The maximum absolute atomic E-state index is 13.2. The van der Waals surface area contributed by atoms with Gasteiger partial charge >= 0.3 is 11.2 Å². The van der Waals surface area contributed by atoms with E-state index in [0.29, 0.717) is 16.0 Å². The lowest BCUT2D eigenvalue weighted by molar-refractivity contribution is -0.132. The highest BCUT2D eigenvalue weighted by Crippen LogP contribution is 2.33. The number of carbonyl (C=O) groups is 1. The average Bonchev–Trinajstić information content (AvgIpc) is 2.72. The monoisotopic (exact) mass is 292 g/mol. The van der Waals surface area contributed by atoms with E-state index in [2.05, 4.69) is 10.7 Å². The van der Waals surface area contributed by atoms with Crippen molar-refractivity contribution in [3.63, 3.8) is 0 Å². The number of nitrogens with zero attached hydrogens (tertiary/aromatic N) is 1. The first-order chi connectivity index (χ1) is 8.26. The van der Waals surface area contributed by atoms with Crippen LogP contribution in [0.3, 0.4) is 0 Å². The van der Waals surface area contributed by atoms with Crippen LogP contribution in [-0.4, -0.2) is 24.6 Å². The van der Waals surface area contributed by atoms with E-state index in [-0.39, 0.29) is 5.52 Å². The van der Waals surface area contributed by atoms with Gasteiger partial charge in [0.25, 0.3) is 9.84 Å². The number of thiazole rings is 1. The molecule has 0 radical (unpaired) electrons. The number of para-hydroxylation sites is 1. The maximum Gasteiger partial charge on any atom is 0.428 e. The molecule has 0 aliphatic carbocycles. The molecule has 0 fully saturated rings. The van der Waals surface area contributed by atoms with Gasteiger partial charge in [-0.3, -0.25) is 4.79 Å². The minimum Gasteiger partial charge on any atom is -0.363 e. The van der Waals surface area contributed by atoms with Crippen LogP contribution < -0.4 is 5.73 Å². The van der Waals surface area contributed by atoms with Gasteiger partial charge in [-0.1, -0.05) is 12.1 Å². The highest BCUT2D eigenvalue weighted by molar-refractivity contribution is 7.95. The molecule has 1 heterocycles. The fourth-order valence-electron chi connectivity index (χ4n) is 1.21. The number of hydrogen-bond acceptors (Lipinski definition) is 5. The number of aromatic nitrogens is 1. The third-order valence-corrected chi connectivity index (χ3v) is 5.30. The third kappa shape index (κ3) is 1.75. The molecule has 0 spiro atoms. The van der Waals surface area contributed by atoms with Crippen molar-refractivity contribution in [2.75, 3.05) is 0 Å². The Kier molecular flexibility index (Phi) is 2.82. The van der Waals surface area contributed by atoms with Crippen molar-refractivity contribution in [1.29, 1.82) is 0 Å². The lowest BCUT2D eigenvalue weighted by Crippen LogP contribution is -2.42. The van der Waals surface area contributed by atoms with E-state index in [1.54, 1.807) is 12.1 Å². The Bertz CT molecular complexity index is 691. The standard InChI is InChI=1S/C9H6F2N2O3S2/c10-9(11,7(12)14)18(15,16)8-13-5-3-1-2-4-6(5)17-8/h1-4H,(H2,12,14). The van der Waals surface area contributed by atoms with Gasteiger partial charge in [-0.2, -0.15) is 8.78 Å². The molecule has 2 aromatic rings. The lowest BCUT2D eigenvalue weighted by atomic mass is 10.3. The van der Waals surface area contributed by atoms with Crippen molar-refractivity contribution in [3.8, 4) is 0 Å². The molecular formula is C9H6F2N2O3S2. The second-order valence-corrected chi connectivity index (χ2v) is 6.53. The van der Waals surface area contributed by atoms with E-state index in [1.165, 1.54) is 12.1 Å². The van der Waals surface area contributed by atoms with Gasteiger partial charge in [0.1, 0.15) is 0 Å². The van der Waals surface area contributed by atoms with E-state index in [9.17, 15) is 22.0 Å². The third-order valence-electron chi connectivity index (χ3n) is 2.13. The fraction of sp³-hybridized carbons (Fsp3) is 0.111. The van der Waals surface area contributed by atoms with Gasteiger partial charge < -0.3 is 5.73 Å². The number of fused-ring (bicyclic) bond motifs is 1. The van der Waals surface area contributed by atoms with Gasteiger partial charge in [-0.25, -0.2) is 13.4 Å². The second-order valence-electron chi connectivity index (χ2n) is 3.33. The van der Waals surface area contributed by atoms with E-state index >= 15 is 0 Å².